The largest absolute Gasteiger partial charge is 0.455 e. The van der Waals surface area contributed by atoms with E-state index in [1.54, 1.807) is 6.08 Å². The normalized spacial score (nSPS) is 30.6. The monoisotopic (exact) mass is 254 g/mol. The van der Waals surface area contributed by atoms with Crippen molar-refractivity contribution in [2.24, 2.45) is 5.92 Å². The highest BCUT2D eigenvalue weighted by atomic mass is 16.6. The standard InChI is InChI=1S/C12H14O6/c1-6(16-7(2)13)11(14)18-10-8-4-3-5-9(8)17-12(10)15/h3,5-6,8-10H,4H2,1-2H3/t6-,8-,9+,10-/m0/s1. The summed E-state index contributed by atoms with van der Waals surface area (Å²) in [4.78, 5) is 33.9. The maximum atomic E-state index is 11.6. The van der Waals surface area contributed by atoms with Crippen LogP contribution in [-0.2, 0) is 28.6 Å². The average Bonchev–Trinajstić information content (AvgIpc) is 2.81. The number of rotatable bonds is 3. The van der Waals surface area contributed by atoms with E-state index in [0.717, 1.165) is 0 Å². The second-order valence-electron chi connectivity index (χ2n) is 4.34. The summed E-state index contributed by atoms with van der Waals surface area (Å²) in [6, 6.07) is 0. The minimum atomic E-state index is -1.02. The van der Waals surface area contributed by atoms with E-state index in [-0.39, 0.29) is 12.0 Å². The Morgan fingerprint density at radius 1 is 1.50 bits per heavy atom. The summed E-state index contributed by atoms with van der Waals surface area (Å²) in [6.45, 7) is 2.60. The molecule has 2 rings (SSSR count). The van der Waals surface area contributed by atoms with Gasteiger partial charge in [0.25, 0.3) is 0 Å². The van der Waals surface area contributed by atoms with Gasteiger partial charge in [-0.15, -0.1) is 0 Å². The van der Waals surface area contributed by atoms with Crippen LogP contribution in [0.2, 0.25) is 0 Å². The van der Waals surface area contributed by atoms with Crippen LogP contribution in [0.3, 0.4) is 0 Å². The van der Waals surface area contributed by atoms with Crippen LogP contribution < -0.4 is 0 Å². The molecule has 0 radical (unpaired) electrons. The van der Waals surface area contributed by atoms with Gasteiger partial charge >= 0.3 is 17.9 Å². The molecule has 1 aliphatic heterocycles. The predicted molar refractivity (Wildman–Crippen MR) is 58.2 cm³/mol. The molecule has 0 amide bonds. The van der Waals surface area contributed by atoms with E-state index in [4.69, 9.17) is 9.47 Å². The lowest BCUT2D eigenvalue weighted by molar-refractivity contribution is -0.173. The quantitative estimate of drug-likeness (QED) is 0.411. The van der Waals surface area contributed by atoms with E-state index in [2.05, 4.69) is 4.74 Å². The molecule has 0 aromatic heterocycles. The summed E-state index contributed by atoms with van der Waals surface area (Å²) in [5, 5.41) is 0. The summed E-state index contributed by atoms with van der Waals surface area (Å²) in [5.41, 5.74) is 0. The fourth-order valence-corrected chi connectivity index (χ4v) is 2.10. The highest BCUT2D eigenvalue weighted by Gasteiger charge is 2.47. The van der Waals surface area contributed by atoms with Crippen molar-refractivity contribution in [1.29, 1.82) is 0 Å². The minimum absolute atomic E-state index is 0.161. The van der Waals surface area contributed by atoms with Crippen molar-refractivity contribution in [2.45, 2.75) is 38.6 Å². The first-order valence-electron chi connectivity index (χ1n) is 5.74. The van der Waals surface area contributed by atoms with Gasteiger partial charge in [-0.25, -0.2) is 9.59 Å². The van der Waals surface area contributed by atoms with Gasteiger partial charge in [-0.1, -0.05) is 6.08 Å². The molecule has 6 nitrogen and oxygen atoms in total. The van der Waals surface area contributed by atoms with Gasteiger partial charge in [0.15, 0.2) is 6.10 Å². The first-order valence-corrected chi connectivity index (χ1v) is 5.74. The Morgan fingerprint density at radius 2 is 2.22 bits per heavy atom. The molecule has 98 valence electrons. The second-order valence-corrected chi connectivity index (χ2v) is 4.34. The summed E-state index contributed by atoms with van der Waals surface area (Å²) in [5.74, 6) is -2.02. The Morgan fingerprint density at radius 3 is 2.89 bits per heavy atom. The minimum Gasteiger partial charge on any atom is -0.455 e. The lowest BCUT2D eigenvalue weighted by Crippen LogP contribution is -2.34. The van der Waals surface area contributed by atoms with Crippen LogP contribution >= 0.6 is 0 Å². The van der Waals surface area contributed by atoms with Gasteiger partial charge < -0.3 is 14.2 Å². The number of ether oxygens (including phenoxy) is 3. The molecule has 0 saturated carbocycles. The molecule has 1 fully saturated rings. The molecular weight excluding hydrogens is 240 g/mol. The molecule has 2 aliphatic rings. The third kappa shape index (κ3) is 2.37. The van der Waals surface area contributed by atoms with Crippen molar-refractivity contribution in [3.05, 3.63) is 12.2 Å². The molecule has 1 saturated heterocycles. The Labute approximate surface area is 104 Å². The Hall–Kier alpha value is -1.85. The van der Waals surface area contributed by atoms with Crippen LogP contribution in [0.1, 0.15) is 20.3 Å². The maximum absolute atomic E-state index is 11.6. The number of hydrogen-bond acceptors (Lipinski definition) is 6. The van der Waals surface area contributed by atoms with Crippen LogP contribution in [0.5, 0.6) is 0 Å². The van der Waals surface area contributed by atoms with Crippen molar-refractivity contribution in [3.8, 4) is 0 Å². The second kappa shape index (κ2) is 4.80. The lowest BCUT2D eigenvalue weighted by Gasteiger charge is -2.17. The molecule has 1 aliphatic carbocycles. The fourth-order valence-electron chi connectivity index (χ4n) is 2.10. The number of carbonyl (C=O) groups excluding carboxylic acids is 3. The average molecular weight is 254 g/mol. The highest BCUT2D eigenvalue weighted by molar-refractivity contribution is 5.84. The molecule has 0 aromatic carbocycles. The van der Waals surface area contributed by atoms with E-state index in [9.17, 15) is 14.4 Å². The third-order valence-corrected chi connectivity index (χ3v) is 2.95. The van der Waals surface area contributed by atoms with Gasteiger partial charge in [0.05, 0.1) is 5.92 Å². The van der Waals surface area contributed by atoms with Crippen molar-refractivity contribution in [3.63, 3.8) is 0 Å². The van der Waals surface area contributed by atoms with Crippen molar-refractivity contribution in [2.75, 3.05) is 0 Å². The van der Waals surface area contributed by atoms with Crippen molar-refractivity contribution < 1.29 is 28.6 Å². The first-order chi connectivity index (χ1) is 8.49. The number of carbonyl (C=O) groups is 3. The molecule has 0 aromatic rings. The van der Waals surface area contributed by atoms with Gasteiger partial charge in [-0.3, -0.25) is 4.79 Å². The zero-order chi connectivity index (χ0) is 13.3. The lowest BCUT2D eigenvalue weighted by atomic mass is 10.0. The van der Waals surface area contributed by atoms with Crippen LogP contribution in [0.15, 0.2) is 12.2 Å². The Balaban J connectivity index is 1.95. The molecular formula is C12H14O6. The first kappa shape index (κ1) is 12.6. The fraction of sp³-hybridized carbons (Fsp3) is 0.583. The summed E-state index contributed by atoms with van der Waals surface area (Å²) in [7, 11) is 0. The number of fused-ring (bicyclic) bond motifs is 1. The van der Waals surface area contributed by atoms with Crippen molar-refractivity contribution in [1.82, 2.24) is 0 Å². The highest BCUT2D eigenvalue weighted by Crippen LogP contribution is 2.33. The zero-order valence-corrected chi connectivity index (χ0v) is 10.1. The van der Waals surface area contributed by atoms with Crippen LogP contribution in [0, 0.1) is 5.92 Å². The summed E-state index contributed by atoms with van der Waals surface area (Å²) >= 11 is 0. The third-order valence-electron chi connectivity index (χ3n) is 2.95. The van der Waals surface area contributed by atoms with Crippen LogP contribution in [0.25, 0.3) is 0 Å². The molecule has 4 atom stereocenters. The Kier molecular flexibility index (Phi) is 3.36. The maximum Gasteiger partial charge on any atom is 0.348 e. The van der Waals surface area contributed by atoms with Crippen LogP contribution in [-0.4, -0.2) is 36.2 Å². The van der Waals surface area contributed by atoms with Crippen molar-refractivity contribution >= 4 is 17.9 Å². The van der Waals surface area contributed by atoms with Gasteiger partial charge in [0.1, 0.15) is 6.10 Å². The molecule has 0 bridgehead atoms. The van der Waals surface area contributed by atoms with E-state index >= 15 is 0 Å². The molecule has 6 heteroatoms. The molecule has 18 heavy (non-hydrogen) atoms. The summed E-state index contributed by atoms with van der Waals surface area (Å²) < 4.78 is 14.8. The number of allylic oxidation sites excluding steroid dienone is 1. The molecule has 1 heterocycles. The molecule has 0 N–H and O–H groups in total. The van der Waals surface area contributed by atoms with Gasteiger partial charge in [0.2, 0.25) is 6.10 Å². The van der Waals surface area contributed by atoms with E-state index in [0.29, 0.717) is 6.42 Å². The van der Waals surface area contributed by atoms with Gasteiger partial charge in [-0.2, -0.15) is 0 Å². The number of hydrogen-bond donors (Lipinski definition) is 0. The van der Waals surface area contributed by atoms with Gasteiger partial charge in [0, 0.05) is 6.92 Å². The smallest absolute Gasteiger partial charge is 0.348 e. The Bertz CT molecular complexity index is 413. The van der Waals surface area contributed by atoms with E-state index in [1.807, 2.05) is 6.08 Å². The molecule has 0 unspecified atom stereocenters. The molecule has 0 spiro atoms. The zero-order valence-electron chi connectivity index (χ0n) is 10.1. The number of esters is 3. The van der Waals surface area contributed by atoms with Crippen LogP contribution in [0.4, 0.5) is 0 Å². The summed E-state index contributed by atoms with van der Waals surface area (Å²) in [6.07, 6.45) is 2.07. The SMILES string of the molecule is CC(=O)O[C@@H](C)C(=O)O[C@@H]1C(=O)O[C@@H]2C=CC[C@H]12. The van der Waals surface area contributed by atoms with E-state index in [1.165, 1.54) is 13.8 Å². The van der Waals surface area contributed by atoms with Gasteiger partial charge in [-0.05, 0) is 19.4 Å². The predicted octanol–water partition coefficient (Wildman–Crippen LogP) is 0.351. The topological polar surface area (TPSA) is 78.9 Å². The van der Waals surface area contributed by atoms with E-state index < -0.39 is 30.1 Å².